The van der Waals surface area contributed by atoms with E-state index in [-0.39, 0.29) is 0 Å². The van der Waals surface area contributed by atoms with Gasteiger partial charge in [-0.15, -0.1) is 0 Å². The summed E-state index contributed by atoms with van der Waals surface area (Å²) >= 11 is 0. The summed E-state index contributed by atoms with van der Waals surface area (Å²) in [5.74, 6) is 0.634. The van der Waals surface area contributed by atoms with Gasteiger partial charge in [-0.2, -0.15) is 0 Å². The molecule has 0 saturated heterocycles. The molecule has 0 amide bonds. The molecule has 0 radical (unpaired) electrons. The minimum absolute atomic E-state index is 0.634. The van der Waals surface area contributed by atoms with Crippen LogP contribution < -0.4 is 0 Å². The third kappa shape index (κ3) is 4.39. The van der Waals surface area contributed by atoms with E-state index in [1.54, 1.807) is 0 Å². The van der Waals surface area contributed by atoms with Crippen molar-refractivity contribution in [3.63, 3.8) is 0 Å². The lowest BCUT2D eigenvalue weighted by molar-refractivity contribution is 0.995. The fraction of sp³-hybridized carbons (Fsp3) is 0. The molecule has 3 heterocycles. The van der Waals surface area contributed by atoms with E-state index in [1.165, 1.54) is 21.9 Å². The Balaban J connectivity index is 1.44. The monoisotopic (exact) mass is 638 g/mol. The van der Waals surface area contributed by atoms with Gasteiger partial charge in [0.2, 0.25) is 5.95 Å². The second-order valence-electron chi connectivity index (χ2n) is 12.6. The Morgan fingerprint density at radius 2 is 0.840 bits per heavy atom. The Morgan fingerprint density at radius 3 is 1.44 bits per heavy atom. The highest BCUT2D eigenvalue weighted by Crippen LogP contribution is 2.46. The largest absolute Gasteiger partial charge is 0.307 e. The molecule has 4 nitrogen and oxygen atoms in total. The summed E-state index contributed by atoms with van der Waals surface area (Å²) < 4.78 is 4.72. The smallest absolute Gasteiger partial charge is 0.235 e. The Hall–Kier alpha value is -6.78. The molecule has 0 aliphatic carbocycles. The lowest BCUT2D eigenvalue weighted by Gasteiger charge is -2.15. The molecule has 0 aliphatic heterocycles. The Kier molecular flexibility index (Phi) is 6.46. The topological polar surface area (TPSA) is 35.6 Å². The first-order valence-corrected chi connectivity index (χ1v) is 16.9. The normalized spacial score (nSPS) is 11.6. The molecule has 0 N–H and O–H groups in total. The zero-order valence-electron chi connectivity index (χ0n) is 27.1. The van der Waals surface area contributed by atoms with Gasteiger partial charge in [0.15, 0.2) is 0 Å². The first kappa shape index (κ1) is 28.3. The van der Waals surface area contributed by atoms with Gasteiger partial charge in [0.1, 0.15) is 0 Å². The van der Waals surface area contributed by atoms with Crippen molar-refractivity contribution in [2.24, 2.45) is 0 Å². The lowest BCUT2D eigenvalue weighted by Crippen LogP contribution is -2.05. The number of hydrogen-bond donors (Lipinski definition) is 0. The van der Waals surface area contributed by atoms with Gasteiger partial charge in [-0.3, -0.25) is 4.57 Å². The predicted octanol–water partition coefficient (Wildman–Crippen LogP) is 11.7. The van der Waals surface area contributed by atoms with Crippen LogP contribution in [0.2, 0.25) is 0 Å². The molecule has 3 aromatic heterocycles. The number of aromatic nitrogens is 4. The van der Waals surface area contributed by atoms with Crippen molar-refractivity contribution in [1.82, 2.24) is 19.1 Å². The molecule has 234 valence electrons. The lowest BCUT2D eigenvalue weighted by atomic mass is 9.96. The summed E-state index contributed by atoms with van der Waals surface area (Å²) in [5.41, 5.74) is 11.7. The molecule has 0 fully saturated rings. The van der Waals surface area contributed by atoms with Crippen LogP contribution in [0.15, 0.2) is 182 Å². The molecule has 0 bridgehead atoms. The maximum absolute atomic E-state index is 5.36. The zero-order valence-corrected chi connectivity index (χ0v) is 27.1. The number of benzene rings is 7. The first-order valence-electron chi connectivity index (χ1n) is 16.9. The standard InChI is InChI=1S/C46H30N4/c1-5-17-31(18-6-1)37-29-38-35-25-13-15-27-41(35)50(44(38)45-43(37)36-26-14-16-28-42(36)49(45)34-23-11-4-12-24-34)46-47-39(32-19-7-2-8-20-32)30-40(48-46)33-21-9-3-10-22-33/h1-30H. The third-order valence-corrected chi connectivity index (χ3v) is 9.72. The summed E-state index contributed by atoms with van der Waals surface area (Å²) in [6.07, 6.45) is 0. The van der Waals surface area contributed by atoms with Gasteiger partial charge in [0, 0.05) is 38.4 Å². The summed E-state index contributed by atoms with van der Waals surface area (Å²) in [6, 6.07) is 64.2. The van der Waals surface area contributed by atoms with E-state index in [0.29, 0.717) is 5.95 Å². The van der Waals surface area contributed by atoms with E-state index >= 15 is 0 Å². The quantitative estimate of drug-likeness (QED) is 0.188. The van der Waals surface area contributed by atoms with E-state index < -0.39 is 0 Å². The van der Waals surface area contributed by atoms with Crippen LogP contribution in [-0.4, -0.2) is 19.1 Å². The van der Waals surface area contributed by atoms with Crippen molar-refractivity contribution < 1.29 is 0 Å². The highest BCUT2D eigenvalue weighted by Gasteiger charge is 2.25. The van der Waals surface area contributed by atoms with Crippen molar-refractivity contribution in [2.75, 3.05) is 0 Å². The molecule has 0 aliphatic rings. The van der Waals surface area contributed by atoms with Crippen molar-refractivity contribution in [3.8, 4) is 45.3 Å². The highest BCUT2D eigenvalue weighted by molar-refractivity contribution is 6.28. The molecule has 50 heavy (non-hydrogen) atoms. The number of hydrogen-bond acceptors (Lipinski definition) is 2. The molecular weight excluding hydrogens is 609 g/mol. The molecule has 0 atom stereocenters. The summed E-state index contributed by atoms with van der Waals surface area (Å²) in [5, 5.41) is 4.71. The molecule has 10 rings (SSSR count). The molecule has 7 aromatic carbocycles. The van der Waals surface area contributed by atoms with Crippen LogP contribution >= 0.6 is 0 Å². The SMILES string of the molecule is c1ccc(-c2cc(-c3ccccc3)nc(-n3c4ccccc4c4cc(-c5ccccc5)c5c6ccccc6n(-c6ccccc6)c5c43)n2)cc1. The summed E-state index contributed by atoms with van der Waals surface area (Å²) in [4.78, 5) is 10.7. The van der Waals surface area contributed by atoms with Gasteiger partial charge in [-0.25, -0.2) is 9.97 Å². The Labute approximate surface area is 289 Å². The molecule has 0 spiro atoms. The van der Waals surface area contributed by atoms with Gasteiger partial charge in [-0.05, 0) is 47.5 Å². The van der Waals surface area contributed by atoms with Gasteiger partial charge in [0.05, 0.1) is 33.5 Å². The van der Waals surface area contributed by atoms with Crippen LogP contribution in [0.3, 0.4) is 0 Å². The van der Waals surface area contributed by atoms with Crippen molar-refractivity contribution in [3.05, 3.63) is 182 Å². The minimum Gasteiger partial charge on any atom is -0.307 e. The molecule has 0 saturated carbocycles. The van der Waals surface area contributed by atoms with Gasteiger partial charge in [-0.1, -0.05) is 146 Å². The fourth-order valence-electron chi connectivity index (χ4n) is 7.54. The predicted molar refractivity (Wildman–Crippen MR) is 207 cm³/mol. The van der Waals surface area contributed by atoms with Crippen LogP contribution in [0, 0.1) is 0 Å². The molecular formula is C46H30N4. The first-order chi connectivity index (χ1) is 24.8. The number of nitrogens with zero attached hydrogens (tertiary/aromatic N) is 4. The van der Waals surface area contributed by atoms with E-state index in [9.17, 15) is 0 Å². The summed E-state index contributed by atoms with van der Waals surface area (Å²) in [7, 11) is 0. The van der Waals surface area contributed by atoms with E-state index in [0.717, 1.165) is 61.0 Å². The molecule has 4 heteroatoms. The van der Waals surface area contributed by atoms with Gasteiger partial charge < -0.3 is 4.57 Å². The fourth-order valence-corrected chi connectivity index (χ4v) is 7.54. The van der Waals surface area contributed by atoms with Crippen molar-refractivity contribution in [2.45, 2.75) is 0 Å². The average Bonchev–Trinajstić information content (AvgIpc) is 3.72. The van der Waals surface area contributed by atoms with E-state index in [2.05, 4.69) is 179 Å². The minimum atomic E-state index is 0.634. The van der Waals surface area contributed by atoms with E-state index in [4.69, 9.17) is 9.97 Å². The second kappa shape index (κ2) is 11.4. The van der Waals surface area contributed by atoms with Gasteiger partial charge >= 0.3 is 0 Å². The maximum Gasteiger partial charge on any atom is 0.235 e. The van der Waals surface area contributed by atoms with Crippen molar-refractivity contribution in [1.29, 1.82) is 0 Å². The molecule has 10 aromatic rings. The third-order valence-electron chi connectivity index (χ3n) is 9.72. The number of rotatable bonds is 5. The number of fused-ring (bicyclic) bond motifs is 7. The summed E-state index contributed by atoms with van der Waals surface area (Å²) in [6.45, 7) is 0. The van der Waals surface area contributed by atoms with Crippen LogP contribution in [0.1, 0.15) is 0 Å². The second-order valence-corrected chi connectivity index (χ2v) is 12.6. The van der Waals surface area contributed by atoms with Crippen LogP contribution in [0.25, 0.3) is 88.9 Å². The van der Waals surface area contributed by atoms with Crippen molar-refractivity contribution >= 4 is 43.6 Å². The Bertz CT molecular complexity index is 2780. The number of para-hydroxylation sites is 3. The van der Waals surface area contributed by atoms with E-state index in [1.807, 2.05) is 12.1 Å². The van der Waals surface area contributed by atoms with Gasteiger partial charge in [0.25, 0.3) is 0 Å². The average molecular weight is 639 g/mol. The highest BCUT2D eigenvalue weighted by atomic mass is 15.2. The molecule has 0 unspecified atom stereocenters. The maximum atomic E-state index is 5.36. The van der Waals surface area contributed by atoms with Crippen LogP contribution in [0.4, 0.5) is 0 Å². The van der Waals surface area contributed by atoms with Crippen LogP contribution in [0.5, 0.6) is 0 Å². The van der Waals surface area contributed by atoms with Crippen LogP contribution in [-0.2, 0) is 0 Å². The zero-order chi connectivity index (χ0) is 33.0. The Morgan fingerprint density at radius 1 is 0.360 bits per heavy atom.